The Kier molecular flexibility index (Phi) is 5.29. The Morgan fingerprint density at radius 3 is 2.68 bits per heavy atom. The Labute approximate surface area is 163 Å². The van der Waals surface area contributed by atoms with E-state index >= 15 is 0 Å². The number of carbonyl (C=O) groups is 1. The van der Waals surface area contributed by atoms with Crippen molar-refractivity contribution in [1.82, 2.24) is 15.0 Å². The number of fused-ring (bicyclic) bond motifs is 1. The molecule has 4 rings (SSSR count). The average Bonchev–Trinajstić information content (AvgIpc) is 3.20. The highest BCUT2D eigenvalue weighted by Crippen LogP contribution is 2.20. The average molecular weight is 395 g/mol. The third-order valence-electron chi connectivity index (χ3n) is 3.79. The monoisotopic (exact) mass is 395 g/mol. The summed E-state index contributed by atoms with van der Waals surface area (Å²) in [5.41, 5.74) is 2.70. The summed E-state index contributed by atoms with van der Waals surface area (Å²) in [7, 11) is 0. The molecule has 0 aliphatic carbocycles. The van der Waals surface area contributed by atoms with Crippen molar-refractivity contribution >= 4 is 28.8 Å². The number of carbonyl (C=O) groups excluding carboxylic acids is 1. The van der Waals surface area contributed by atoms with Gasteiger partial charge in [-0.05, 0) is 36.4 Å². The molecule has 6 nitrogen and oxygen atoms in total. The number of benzene rings is 2. The summed E-state index contributed by atoms with van der Waals surface area (Å²) < 4.78 is 23.5. The van der Waals surface area contributed by atoms with E-state index in [0.29, 0.717) is 22.2 Å². The lowest BCUT2D eigenvalue weighted by Gasteiger charge is -2.03. The van der Waals surface area contributed by atoms with Gasteiger partial charge in [-0.25, -0.2) is 14.4 Å². The Balaban J connectivity index is 1.30. The van der Waals surface area contributed by atoms with Gasteiger partial charge in [-0.3, -0.25) is 9.78 Å². The van der Waals surface area contributed by atoms with E-state index in [1.807, 2.05) is 24.3 Å². The summed E-state index contributed by atoms with van der Waals surface area (Å²) >= 11 is 1.25. The van der Waals surface area contributed by atoms with Crippen molar-refractivity contribution in [1.29, 1.82) is 0 Å². The number of oxazole rings is 1. The largest absolute Gasteiger partial charge is 0.458 e. The second kappa shape index (κ2) is 8.18. The summed E-state index contributed by atoms with van der Waals surface area (Å²) in [5, 5.41) is 0.649. The number of esters is 1. The number of rotatable bonds is 6. The fraction of sp³-hybridized carbons (Fsp3) is 0.100. The van der Waals surface area contributed by atoms with E-state index in [1.165, 1.54) is 30.2 Å². The van der Waals surface area contributed by atoms with Gasteiger partial charge in [0.25, 0.3) is 0 Å². The molecule has 0 saturated heterocycles. The van der Waals surface area contributed by atoms with Gasteiger partial charge in [0.1, 0.15) is 29.4 Å². The van der Waals surface area contributed by atoms with Gasteiger partial charge in [0.15, 0.2) is 0 Å². The summed E-state index contributed by atoms with van der Waals surface area (Å²) in [4.78, 5) is 25.0. The number of nitrogens with zero attached hydrogens (tertiary/aromatic N) is 3. The normalized spacial score (nSPS) is 10.9. The zero-order valence-electron chi connectivity index (χ0n) is 14.5. The predicted octanol–water partition coefficient (Wildman–Crippen LogP) is 4.26. The van der Waals surface area contributed by atoms with Crippen LogP contribution in [0.5, 0.6) is 0 Å². The van der Waals surface area contributed by atoms with Gasteiger partial charge in [0, 0.05) is 5.56 Å². The summed E-state index contributed by atoms with van der Waals surface area (Å²) in [5.74, 6) is -0.286. The molecule has 0 saturated carbocycles. The van der Waals surface area contributed by atoms with E-state index in [2.05, 4.69) is 15.0 Å². The molecule has 140 valence electrons. The van der Waals surface area contributed by atoms with Gasteiger partial charge < -0.3 is 9.15 Å². The van der Waals surface area contributed by atoms with Crippen LogP contribution in [0, 0.1) is 5.82 Å². The molecule has 2 aromatic carbocycles. The van der Waals surface area contributed by atoms with Gasteiger partial charge in [0.2, 0.25) is 5.89 Å². The lowest BCUT2D eigenvalue weighted by atomic mass is 10.2. The maximum Gasteiger partial charge on any atom is 0.316 e. The van der Waals surface area contributed by atoms with Crippen LogP contribution >= 0.6 is 11.8 Å². The van der Waals surface area contributed by atoms with Gasteiger partial charge in [0.05, 0.1) is 23.0 Å². The number of thioether (sulfide) groups is 1. The molecule has 0 radical (unpaired) electrons. The van der Waals surface area contributed by atoms with Crippen molar-refractivity contribution in [2.45, 2.75) is 11.6 Å². The molecule has 0 aliphatic heterocycles. The highest BCUT2D eigenvalue weighted by molar-refractivity contribution is 7.99. The lowest BCUT2D eigenvalue weighted by molar-refractivity contribution is -0.141. The zero-order valence-corrected chi connectivity index (χ0v) is 15.4. The first kappa shape index (κ1) is 18.1. The Morgan fingerprint density at radius 2 is 1.86 bits per heavy atom. The highest BCUT2D eigenvalue weighted by atomic mass is 32.2. The molecular weight excluding hydrogens is 381 g/mol. The predicted molar refractivity (Wildman–Crippen MR) is 102 cm³/mol. The minimum absolute atomic E-state index is 0.00646. The SMILES string of the molecule is O=C(CSc1cnc2ccccc2n1)OCc1coc(-c2ccc(F)cc2)n1. The third kappa shape index (κ3) is 4.34. The molecule has 8 heteroatoms. The zero-order chi connectivity index (χ0) is 19.3. The summed E-state index contributed by atoms with van der Waals surface area (Å²) in [6.07, 6.45) is 3.04. The standard InChI is InChI=1S/C20H14FN3O3S/c21-14-7-5-13(6-8-14)20-23-15(11-27-20)10-26-19(25)12-28-18-9-22-16-3-1-2-4-17(16)24-18/h1-9,11H,10,12H2. The van der Waals surface area contributed by atoms with E-state index in [0.717, 1.165) is 11.0 Å². The molecule has 0 aliphatic rings. The first-order chi connectivity index (χ1) is 13.7. The number of ether oxygens (including phenoxy) is 1. The smallest absolute Gasteiger partial charge is 0.316 e. The van der Waals surface area contributed by atoms with Crippen molar-refractivity contribution in [2.75, 3.05) is 5.75 Å². The van der Waals surface area contributed by atoms with Crippen molar-refractivity contribution in [2.24, 2.45) is 0 Å². The fourth-order valence-electron chi connectivity index (χ4n) is 2.44. The summed E-state index contributed by atoms with van der Waals surface area (Å²) in [6.45, 7) is -0.00646. The molecule has 2 aromatic heterocycles. The van der Waals surface area contributed by atoms with Crippen molar-refractivity contribution in [3.8, 4) is 11.5 Å². The number of halogens is 1. The molecule has 2 heterocycles. The summed E-state index contributed by atoms with van der Waals surface area (Å²) in [6, 6.07) is 13.3. The molecular formula is C20H14FN3O3S. The lowest BCUT2D eigenvalue weighted by Crippen LogP contribution is -2.07. The molecule has 0 bridgehead atoms. The molecule has 28 heavy (non-hydrogen) atoms. The Morgan fingerprint density at radius 1 is 1.07 bits per heavy atom. The van der Waals surface area contributed by atoms with Gasteiger partial charge in [-0.15, -0.1) is 0 Å². The Hall–Kier alpha value is -3.26. The van der Waals surface area contributed by atoms with Crippen LogP contribution in [0.25, 0.3) is 22.5 Å². The van der Waals surface area contributed by atoms with E-state index < -0.39 is 5.97 Å². The Bertz CT molecular complexity index is 1120. The molecule has 0 atom stereocenters. The minimum Gasteiger partial charge on any atom is -0.458 e. The van der Waals surface area contributed by atoms with Crippen LogP contribution in [-0.4, -0.2) is 26.7 Å². The maximum atomic E-state index is 13.0. The van der Waals surface area contributed by atoms with E-state index in [-0.39, 0.29) is 18.2 Å². The van der Waals surface area contributed by atoms with Crippen molar-refractivity contribution in [3.63, 3.8) is 0 Å². The van der Waals surface area contributed by atoms with Crippen LogP contribution < -0.4 is 0 Å². The van der Waals surface area contributed by atoms with E-state index in [4.69, 9.17) is 9.15 Å². The third-order valence-corrected chi connectivity index (χ3v) is 4.66. The topological polar surface area (TPSA) is 78.1 Å². The van der Waals surface area contributed by atoms with Crippen LogP contribution in [0.15, 0.2) is 70.4 Å². The quantitative estimate of drug-likeness (QED) is 0.356. The van der Waals surface area contributed by atoms with Crippen molar-refractivity contribution in [3.05, 3.63) is 72.5 Å². The van der Waals surface area contributed by atoms with Gasteiger partial charge in [-0.1, -0.05) is 23.9 Å². The molecule has 4 aromatic rings. The molecule has 0 unspecified atom stereocenters. The number of aromatic nitrogens is 3. The van der Waals surface area contributed by atoms with Crippen LogP contribution in [0.3, 0.4) is 0 Å². The van der Waals surface area contributed by atoms with Crippen LogP contribution in [0.1, 0.15) is 5.69 Å². The van der Waals surface area contributed by atoms with E-state index in [1.54, 1.807) is 18.3 Å². The molecule has 0 N–H and O–H groups in total. The van der Waals surface area contributed by atoms with Gasteiger partial charge >= 0.3 is 5.97 Å². The van der Waals surface area contributed by atoms with Crippen LogP contribution in [-0.2, 0) is 16.1 Å². The second-order valence-electron chi connectivity index (χ2n) is 5.80. The highest BCUT2D eigenvalue weighted by Gasteiger charge is 2.11. The van der Waals surface area contributed by atoms with Crippen LogP contribution in [0.4, 0.5) is 4.39 Å². The first-order valence-electron chi connectivity index (χ1n) is 8.38. The second-order valence-corrected chi connectivity index (χ2v) is 6.79. The molecule has 0 fully saturated rings. The number of hydrogen-bond acceptors (Lipinski definition) is 7. The maximum absolute atomic E-state index is 13.0. The molecule has 0 spiro atoms. The van der Waals surface area contributed by atoms with E-state index in [9.17, 15) is 9.18 Å². The van der Waals surface area contributed by atoms with Crippen LogP contribution in [0.2, 0.25) is 0 Å². The number of para-hydroxylation sites is 2. The molecule has 0 amide bonds. The number of hydrogen-bond donors (Lipinski definition) is 0. The minimum atomic E-state index is -0.397. The first-order valence-corrected chi connectivity index (χ1v) is 9.36. The van der Waals surface area contributed by atoms with Gasteiger partial charge in [-0.2, -0.15) is 0 Å². The fourth-order valence-corrected chi connectivity index (χ4v) is 3.08. The van der Waals surface area contributed by atoms with Crippen molar-refractivity contribution < 1.29 is 18.3 Å².